The van der Waals surface area contributed by atoms with Crippen LogP contribution in [0.25, 0.3) is 0 Å². The fourth-order valence-electron chi connectivity index (χ4n) is 2.51. The lowest BCUT2D eigenvalue weighted by molar-refractivity contribution is -0.908. The third-order valence-corrected chi connectivity index (χ3v) is 3.88. The Bertz CT molecular complexity index is 568. The molecule has 0 atom stereocenters. The van der Waals surface area contributed by atoms with E-state index in [1.807, 2.05) is 0 Å². The number of morpholine rings is 1. The van der Waals surface area contributed by atoms with Crippen LogP contribution < -0.4 is 20.3 Å². The number of amides is 2. The van der Waals surface area contributed by atoms with Gasteiger partial charge in [0, 0.05) is 18.7 Å². The molecule has 0 bridgehead atoms. The third-order valence-electron chi connectivity index (χ3n) is 3.88. The van der Waals surface area contributed by atoms with Crippen LogP contribution in [0.2, 0.25) is 0 Å². The van der Waals surface area contributed by atoms with E-state index in [2.05, 4.69) is 17.2 Å². The highest BCUT2D eigenvalue weighted by molar-refractivity contribution is 6.39. The number of carbonyl (C=O) groups is 2. The first-order valence-corrected chi connectivity index (χ1v) is 8.53. The van der Waals surface area contributed by atoms with Crippen molar-refractivity contribution in [2.75, 3.05) is 51.3 Å². The summed E-state index contributed by atoms with van der Waals surface area (Å²) >= 11 is 0. The van der Waals surface area contributed by atoms with Gasteiger partial charge in [-0.2, -0.15) is 0 Å². The van der Waals surface area contributed by atoms with Gasteiger partial charge in [-0.1, -0.05) is 12.7 Å². The minimum atomic E-state index is -0.668. The predicted molar refractivity (Wildman–Crippen MR) is 94.8 cm³/mol. The highest BCUT2D eigenvalue weighted by Gasteiger charge is 2.15. The molecule has 0 radical (unpaired) electrons. The molecule has 0 saturated carbocycles. The second-order valence-electron chi connectivity index (χ2n) is 5.80. The van der Waals surface area contributed by atoms with Gasteiger partial charge in [0.1, 0.15) is 25.4 Å². The van der Waals surface area contributed by atoms with Gasteiger partial charge >= 0.3 is 11.8 Å². The second-order valence-corrected chi connectivity index (χ2v) is 5.80. The van der Waals surface area contributed by atoms with Crippen molar-refractivity contribution in [3.8, 4) is 5.75 Å². The van der Waals surface area contributed by atoms with E-state index in [4.69, 9.17) is 9.47 Å². The molecule has 1 aliphatic rings. The van der Waals surface area contributed by atoms with Gasteiger partial charge in [-0.15, -0.1) is 0 Å². The molecule has 2 amide bonds. The topological polar surface area (TPSA) is 81.1 Å². The molecule has 1 aromatic rings. The molecule has 136 valence electrons. The summed E-state index contributed by atoms with van der Waals surface area (Å²) in [5, 5.41) is 5.22. The molecule has 25 heavy (non-hydrogen) atoms. The molecule has 0 unspecified atom stereocenters. The van der Waals surface area contributed by atoms with E-state index in [1.54, 1.807) is 30.3 Å². The molecule has 1 aliphatic heterocycles. The Labute approximate surface area is 148 Å². The molecule has 2 rings (SSSR count). The highest BCUT2D eigenvalue weighted by atomic mass is 16.5. The van der Waals surface area contributed by atoms with Crippen LogP contribution in [0.1, 0.15) is 6.42 Å². The Hall–Kier alpha value is -2.38. The maximum atomic E-state index is 11.9. The van der Waals surface area contributed by atoms with Crippen molar-refractivity contribution < 1.29 is 24.0 Å². The number of rotatable bonds is 8. The number of anilines is 1. The summed E-state index contributed by atoms with van der Waals surface area (Å²) in [6.45, 7) is 9.04. The van der Waals surface area contributed by atoms with E-state index in [1.165, 1.54) is 4.90 Å². The molecule has 3 N–H and O–H groups in total. The van der Waals surface area contributed by atoms with Crippen molar-refractivity contribution in [3.63, 3.8) is 0 Å². The Morgan fingerprint density at radius 2 is 1.92 bits per heavy atom. The second kappa shape index (κ2) is 10.5. The van der Waals surface area contributed by atoms with Crippen LogP contribution in [-0.4, -0.2) is 57.8 Å². The number of carbonyl (C=O) groups excluding carboxylic acids is 2. The van der Waals surface area contributed by atoms with Gasteiger partial charge in [0.05, 0.1) is 19.8 Å². The Morgan fingerprint density at radius 1 is 1.20 bits per heavy atom. The van der Waals surface area contributed by atoms with Crippen LogP contribution in [0, 0.1) is 0 Å². The Balaban J connectivity index is 1.65. The van der Waals surface area contributed by atoms with Crippen LogP contribution in [-0.2, 0) is 14.3 Å². The molecule has 1 heterocycles. The average molecular weight is 348 g/mol. The number of benzene rings is 1. The van der Waals surface area contributed by atoms with E-state index in [0.29, 0.717) is 24.6 Å². The monoisotopic (exact) mass is 348 g/mol. The quantitative estimate of drug-likeness (QED) is 0.340. The standard InChI is InChI=1S/C18H25N3O4/c1-2-12-25-16-6-4-15(5-7-16)20-18(23)17(22)19-8-3-9-21-10-13-24-14-11-21/h2,4-7H,1,3,8-14H2,(H,19,22)(H,20,23)/p+1. The third kappa shape index (κ3) is 6.94. The zero-order valence-electron chi connectivity index (χ0n) is 14.4. The highest BCUT2D eigenvalue weighted by Crippen LogP contribution is 2.15. The zero-order chi connectivity index (χ0) is 17.9. The fourth-order valence-corrected chi connectivity index (χ4v) is 2.51. The molecule has 0 spiro atoms. The lowest BCUT2D eigenvalue weighted by Crippen LogP contribution is -3.14. The molecule has 0 aliphatic carbocycles. The molecular weight excluding hydrogens is 322 g/mol. The van der Waals surface area contributed by atoms with Crippen LogP contribution in [0.5, 0.6) is 5.75 Å². The number of hydrogen-bond donors (Lipinski definition) is 3. The van der Waals surface area contributed by atoms with E-state index in [9.17, 15) is 9.59 Å². The largest absolute Gasteiger partial charge is 0.490 e. The lowest BCUT2D eigenvalue weighted by Gasteiger charge is -2.23. The van der Waals surface area contributed by atoms with Crippen molar-refractivity contribution in [3.05, 3.63) is 36.9 Å². The summed E-state index contributed by atoms with van der Waals surface area (Å²) in [4.78, 5) is 25.2. The van der Waals surface area contributed by atoms with Gasteiger partial charge in [0.25, 0.3) is 0 Å². The summed E-state index contributed by atoms with van der Waals surface area (Å²) in [5.74, 6) is -0.615. The van der Waals surface area contributed by atoms with Crippen LogP contribution in [0.3, 0.4) is 0 Å². The van der Waals surface area contributed by atoms with Gasteiger partial charge in [0.15, 0.2) is 0 Å². The first kappa shape index (κ1) is 19.0. The van der Waals surface area contributed by atoms with Crippen molar-refractivity contribution >= 4 is 17.5 Å². The van der Waals surface area contributed by atoms with Gasteiger partial charge in [-0.25, -0.2) is 0 Å². The number of quaternary nitrogens is 1. The first-order valence-electron chi connectivity index (χ1n) is 8.53. The first-order chi connectivity index (χ1) is 12.2. The predicted octanol–water partition coefficient (Wildman–Crippen LogP) is -0.389. The molecule has 7 nitrogen and oxygen atoms in total. The van der Waals surface area contributed by atoms with Crippen LogP contribution in [0.4, 0.5) is 5.69 Å². The minimum Gasteiger partial charge on any atom is -0.490 e. The summed E-state index contributed by atoms with van der Waals surface area (Å²) < 4.78 is 10.7. The average Bonchev–Trinajstić information content (AvgIpc) is 2.65. The van der Waals surface area contributed by atoms with E-state index >= 15 is 0 Å². The van der Waals surface area contributed by atoms with Crippen LogP contribution >= 0.6 is 0 Å². The maximum absolute atomic E-state index is 11.9. The SMILES string of the molecule is C=CCOc1ccc(NC(=O)C(=O)NCCC[NH+]2CCOCC2)cc1. The number of ether oxygens (including phenoxy) is 2. The Morgan fingerprint density at radius 3 is 2.60 bits per heavy atom. The van der Waals surface area contributed by atoms with E-state index in [0.717, 1.165) is 39.3 Å². The van der Waals surface area contributed by atoms with Crippen molar-refractivity contribution in [2.45, 2.75) is 6.42 Å². The van der Waals surface area contributed by atoms with Crippen molar-refractivity contribution in [2.24, 2.45) is 0 Å². The summed E-state index contributed by atoms with van der Waals surface area (Å²) in [6.07, 6.45) is 2.49. The number of nitrogens with one attached hydrogen (secondary N) is 3. The summed E-state index contributed by atoms with van der Waals surface area (Å²) in [5.41, 5.74) is 0.545. The lowest BCUT2D eigenvalue weighted by atomic mass is 10.3. The van der Waals surface area contributed by atoms with Crippen LogP contribution in [0.15, 0.2) is 36.9 Å². The van der Waals surface area contributed by atoms with E-state index in [-0.39, 0.29) is 0 Å². The molecule has 1 aromatic carbocycles. The molecule has 1 fully saturated rings. The van der Waals surface area contributed by atoms with Gasteiger partial charge in [0.2, 0.25) is 0 Å². The minimum absolute atomic E-state index is 0.417. The van der Waals surface area contributed by atoms with Gasteiger partial charge in [-0.05, 0) is 24.3 Å². The molecule has 0 aromatic heterocycles. The molecular formula is C18H26N3O4+. The fraction of sp³-hybridized carbons (Fsp3) is 0.444. The molecule has 7 heteroatoms. The number of hydrogen-bond acceptors (Lipinski definition) is 4. The normalized spacial score (nSPS) is 14.6. The maximum Gasteiger partial charge on any atom is 0.313 e. The van der Waals surface area contributed by atoms with Crippen molar-refractivity contribution in [1.82, 2.24) is 5.32 Å². The zero-order valence-corrected chi connectivity index (χ0v) is 14.4. The van der Waals surface area contributed by atoms with Crippen molar-refractivity contribution in [1.29, 1.82) is 0 Å². The molecule has 1 saturated heterocycles. The van der Waals surface area contributed by atoms with Gasteiger partial charge < -0.3 is 25.0 Å². The Kier molecular flexibility index (Phi) is 7.94. The van der Waals surface area contributed by atoms with Gasteiger partial charge in [-0.3, -0.25) is 9.59 Å². The summed E-state index contributed by atoms with van der Waals surface area (Å²) in [6, 6.07) is 6.82. The summed E-state index contributed by atoms with van der Waals surface area (Å²) in [7, 11) is 0. The smallest absolute Gasteiger partial charge is 0.313 e. The van der Waals surface area contributed by atoms with E-state index < -0.39 is 11.8 Å².